The summed E-state index contributed by atoms with van der Waals surface area (Å²) >= 11 is 0. The SMILES string of the molecule is Cc1c2c(c(C)n1C)-c1cccc3cccc-2c13. The first-order valence-corrected chi connectivity index (χ1v) is 6.38. The van der Waals surface area contributed by atoms with Crippen LogP contribution in [0.1, 0.15) is 11.4 Å². The molecule has 0 fully saturated rings. The van der Waals surface area contributed by atoms with Gasteiger partial charge in [0.15, 0.2) is 0 Å². The van der Waals surface area contributed by atoms with Crippen LogP contribution in [0.15, 0.2) is 36.4 Å². The largest absolute Gasteiger partial charge is 0.351 e. The molecule has 0 amide bonds. The van der Waals surface area contributed by atoms with Crippen molar-refractivity contribution >= 4 is 10.8 Å². The van der Waals surface area contributed by atoms with Gasteiger partial charge in [-0.05, 0) is 35.7 Å². The van der Waals surface area contributed by atoms with E-state index in [1.165, 1.54) is 44.4 Å². The molecule has 0 saturated carbocycles. The summed E-state index contributed by atoms with van der Waals surface area (Å²) in [6, 6.07) is 13.3. The van der Waals surface area contributed by atoms with Gasteiger partial charge in [-0.1, -0.05) is 36.4 Å². The van der Waals surface area contributed by atoms with Crippen LogP contribution in [0.2, 0.25) is 0 Å². The standard InChI is InChI=1S/C17H15N/c1-10-15-13-8-4-6-12-7-5-9-14(17(12)13)16(15)11(2)18(10)3/h4-9H,1-3H3. The third-order valence-electron chi connectivity index (χ3n) is 4.42. The van der Waals surface area contributed by atoms with Crippen LogP contribution in [0.5, 0.6) is 0 Å². The Morgan fingerprint density at radius 1 is 0.778 bits per heavy atom. The van der Waals surface area contributed by atoms with Gasteiger partial charge in [0.1, 0.15) is 0 Å². The van der Waals surface area contributed by atoms with Crippen LogP contribution in [0.25, 0.3) is 33.0 Å². The molecule has 1 heterocycles. The summed E-state index contributed by atoms with van der Waals surface area (Å²) < 4.78 is 2.30. The Bertz CT molecular complexity index is 744. The predicted octanol–water partition coefficient (Wildman–Crippen LogP) is 4.44. The van der Waals surface area contributed by atoms with E-state index < -0.39 is 0 Å². The lowest BCUT2D eigenvalue weighted by atomic mass is 10.0. The summed E-state index contributed by atoms with van der Waals surface area (Å²) in [5, 5.41) is 2.78. The minimum atomic E-state index is 1.35. The Morgan fingerprint density at radius 2 is 1.28 bits per heavy atom. The van der Waals surface area contributed by atoms with Gasteiger partial charge in [0.05, 0.1) is 0 Å². The molecule has 1 heteroatoms. The fourth-order valence-corrected chi connectivity index (χ4v) is 3.37. The van der Waals surface area contributed by atoms with Gasteiger partial charge < -0.3 is 4.57 Å². The first kappa shape index (κ1) is 9.95. The summed E-state index contributed by atoms with van der Waals surface area (Å²) in [7, 11) is 2.16. The van der Waals surface area contributed by atoms with Gasteiger partial charge in [0.25, 0.3) is 0 Å². The van der Waals surface area contributed by atoms with Crippen molar-refractivity contribution in [3.8, 4) is 22.3 Å². The molecule has 1 aliphatic rings. The second-order valence-electron chi connectivity index (χ2n) is 5.19. The third kappa shape index (κ3) is 0.943. The average molecular weight is 233 g/mol. The molecule has 4 rings (SSSR count). The van der Waals surface area contributed by atoms with Crippen LogP contribution in [0.3, 0.4) is 0 Å². The molecule has 0 radical (unpaired) electrons. The van der Waals surface area contributed by atoms with Crippen molar-refractivity contribution < 1.29 is 0 Å². The molecule has 2 aromatic carbocycles. The van der Waals surface area contributed by atoms with E-state index in [1.807, 2.05) is 0 Å². The molecule has 1 nitrogen and oxygen atoms in total. The second-order valence-corrected chi connectivity index (χ2v) is 5.19. The molecule has 0 aliphatic heterocycles. The Morgan fingerprint density at radius 3 is 1.78 bits per heavy atom. The fourth-order valence-electron chi connectivity index (χ4n) is 3.37. The molecule has 1 aliphatic carbocycles. The zero-order chi connectivity index (χ0) is 12.4. The summed E-state index contributed by atoms with van der Waals surface area (Å²) in [5.41, 5.74) is 8.40. The molecule has 0 N–H and O–H groups in total. The minimum absolute atomic E-state index is 1.35. The van der Waals surface area contributed by atoms with Crippen LogP contribution >= 0.6 is 0 Å². The summed E-state index contributed by atoms with van der Waals surface area (Å²) in [6.07, 6.45) is 0. The van der Waals surface area contributed by atoms with Gasteiger partial charge in [0, 0.05) is 29.6 Å². The number of hydrogen-bond acceptors (Lipinski definition) is 0. The van der Waals surface area contributed by atoms with Gasteiger partial charge in [-0.25, -0.2) is 0 Å². The Hall–Kier alpha value is -2.02. The molecule has 0 saturated heterocycles. The van der Waals surface area contributed by atoms with Crippen LogP contribution in [0, 0.1) is 13.8 Å². The maximum atomic E-state index is 2.30. The van der Waals surface area contributed by atoms with Crippen molar-refractivity contribution in [2.75, 3.05) is 0 Å². The monoisotopic (exact) mass is 233 g/mol. The Balaban J connectivity index is 2.30. The van der Waals surface area contributed by atoms with E-state index >= 15 is 0 Å². The van der Waals surface area contributed by atoms with E-state index in [1.54, 1.807) is 0 Å². The number of aromatic nitrogens is 1. The highest BCUT2D eigenvalue weighted by molar-refractivity contribution is 6.16. The minimum Gasteiger partial charge on any atom is -0.351 e. The van der Waals surface area contributed by atoms with Crippen molar-refractivity contribution in [3.63, 3.8) is 0 Å². The number of rotatable bonds is 0. The highest BCUT2D eigenvalue weighted by Gasteiger charge is 2.27. The van der Waals surface area contributed by atoms with Gasteiger partial charge >= 0.3 is 0 Å². The maximum Gasteiger partial charge on any atom is 0.0228 e. The molecule has 88 valence electrons. The average Bonchev–Trinajstić information content (AvgIpc) is 2.83. The van der Waals surface area contributed by atoms with E-state index in [4.69, 9.17) is 0 Å². The molecule has 0 spiro atoms. The number of fused-ring (bicyclic) bond motifs is 3. The summed E-state index contributed by atoms with van der Waals surface area (Å²) in [5.74, 6) is 0. The van der Waals surface area contributed by atoms with Crippen molar-refractivity contribution in [1.29, 1.82) is 0 Å². The summed E-state index contributed by atoms with van der Waals surface area (Å²) in [6.45, 7) is 4.44. The topological polar surface area (TPSA) is 4.93 Å². The highest BCUT2D eigenvalue weighted by atomic mass is 15.0. The lowest BCUT2D eigenvalue weighted by Gasteiger charge is -2.06. The van der Waals surface area contributed by atoms with Crippen LogP contribution in [-0.4, -0.2) is 4.57 Å². The van der Waals surface area contributed by atoms with E-state index in [2.05, 4.69) is 61.9 Å². The molecule has 3 aromatic rings. The number of nitrogens with zero attached hydrogens (tertiary/aromatic N) is 1. The lowest BCUT2D eigenvalue weighted by molar-refractivity contribution is 0.846. The predicted molar refractivity (Wildman–Crippen MR) is 76.8 cm³/mol. The van der Waals surface area contributed by atoms with Gasteiger partial charge in [-0.2, -0.15) is 0 Å². The maximum absolute atomic E-state index is 2.30. The van der Waals surface area contributed by atoms with Crippen molar-refractivity contribution in [1.82, 2.24) is 4.57 Å². The first-order valence-electron chi connectivity index (χ1n) is 6.38. The molecule has 1 aromatic heterocycles. The third-order valence-corrected chi connectivity index (χ3v) is 4.42. The quantitative estimate of drug-likeness (QED) is 0.423. The molecule has 0 bridgehead atoms. The van der Waals surface area contributed by atoms with Gasteiger partial charge in [-0.15, -0.1) is 0 Å². The van der Waals surface area contributed by atoms with Crippen molar-refractivity contribution in [2.45, 2.75) is 13.8 Å². The molecular formula is C17H15N. The van der Waals surface area contributed by atoms with E-state index in [0.29, 0.717) is 0 Å². The van der Waals surface area contributed by atoms with Crippen LogP contribution in [0.4, 0.5) is 0 Å². The van der Waals surface area contributed by atoms with Gasteiger partial charge in [0.2, 0.25) is 0 Å². The number of benzene rings is 2. The van der Waals surface area contributed by atoms with Crippen LogP contribution in [-0.2, 0) is 7.05 Å². The zero-order valence-corrected chi connectivity index (χ0v) is 10.9. The van der Waals surface area contributed by atoms with Crippen molar-refractivity contribution in [3.05, 3.63) is 47.8 Å². The summed E-state index contributed by atoms with van der Waals surface area (Å²) in [4.78, 5) is 0. The first-order chi connectivity index (χ1) is 8.70. The molecule has 0 atom stereocenters. The van der Waals surface area contributed by atoms with Crippen LogP contribution < -0.4 is 0 Å². The van der Waals surface area contributed by atoms with Crippen molar-refractivity contribution in [2.24, 2.45) is 7.05 Å². The van der Waals surface area contributed by atoms with E-state index in [9.17, 15) is 0 Å². The fraction of sp³-hybridized carbons (Fsp3) is 0.176. The van der Waals surface area contributed by atoms with E-state index in [0.717, 1.165) is 0 Å². The molecule has 0 unspecified atom stereocenters. The Kier molecular flexibility index (Phi) is 1.69. The Labute approximate surface area is 107 Å². The van der Waals surface area contributed by atoms with Gasteiger partial charge in [-0.3, -0.25) is 0 Å². The van der Waals surface area contributed by atoms with E-state index in [-0.39, 0.29) is 0 Å². The number of hydrogen-bond donors (Lipinski definition) is 0. The smallest absolute Gasteiger partial charge is 0.0228 e. The highest BCUT2D eigenvalue weighted by Crippen LogP contribution is 2.50. The molecule has 18 heavy (non-hydrogen) atoms. The normalized spacial score (nSPS) is 12.2. The second kappa shape index (κ2) is 3.05. The lowest BCUT2D eigenvalue weighted by Crippen LogP contribution is -1.94. The zero-order valence-electron chi connectivity index (χ0n) is 10.9. The molecular weight excluding hydrogens is 218 g/mol.